The Balaban J connectivity index is 2.62. The van der Waals surface area contributed by atoms with Crippen LogP contribution in [0.3, 0.4) is 0 Å². The third-order valence-electron chi connectivity index (χ3n) is 2.10. The molecule has 2 aromatic rings. The predicted octanol–water partition coefficient (Wildman–Crippen LogP) is 2.17. The zero-order valence-electron chi connectivity index (χ0n) is 7.93. The van der Waals surface area contributed by atoms with Crippen molar-refractivity contribution < 1.29 is 4.42 Å². The van der Waals surface area contributed by atoms with E-state index < -0.39 is 0 Å². The fourth-order valence-electron chi connectivity index (χ4n) is 1.40. The van der Waals surface area contributed by atoms with Crippen molar-refractivity contribution in [3.8, 4) is 0 Å². The molecule has 72 valence electrons. The number of fused-ring (bicyclic) bond motifs is 1. The van der Waals surface area contributed by atoms with Gasteiger partial charge in [-0.1, -0.05) is 24.3 Å². The molecule has 0 atom stereocenters. The fourth-order valence-corrected chi connectivity index (χ4v) is 1.40. The Morgan fingerprint density at radius 1 is 1.43 bits per heavy atom. The summed E-state index contributed by atoms with van der Waals surface area (Å²) in [6, 6.07) is 7.42. The monoisotopic (exact) mass is 189 g/mol. The first-order chi connectivity index (χ1) is 6.83. The predicted molar refractivity (Wildman–Crippen MR) is 55.3 cm³/mol. The Morgan fingerprint density at radius 3 is 3.00 bits per heavy atom. The first kappa shape index (κ1) is 8.81. The van der Waals surface area contributed by atoms with Gasteiger partial charge in [0.1, 0.15) is 0 Å². The van der Waals surface area contributed by atoms with Gasteiger partial charge in [-0.2, -0.15) is 0 Å². The third-order valence-corrected chi connectivity index (χ3v) is 2.10. The lowest BCUT2D eigenvalue weighted by atomic mass is 10.3. The molecule has 0 saturated carbocycles. The van der Waals surface area contributed by atoms with E-state index in [0.717, 1.165) is 5.52 Å². The molecule has 14 heavy (non-hydrogen) atoms. The van der Waals surface area contributed by atoms with Crippen molar-refractivity contribution >= 4 is 11.1 Å². The van der Waals surface area contributed by atoms with Crippen molar-refractivity contribution in [2.45, 2.75) is 13.5 Å². The Bertz CT molecular complexity index is 519. The fraction of sp³-hybridized carbons (Fsp3) is 0.182. The molecule has 0 N–H and O–H groups in total. The number of hydrogen-bond donors (Lipinski definition) is 0. The van der Waals surface area contributed by atoms with Gasteiger partial charge in [0.15, 0.2) is 5.58 Å². The van der Waals surface area contributed by atoms with Gasteiger partial charge in [0, 0.05) is 6.54 Å². The van der Waals surface area contributed by atoms with Gasteiger partial charge >= 0.3 is 5.76 Å². The molecule has 0 saturated heterocycles. The van der Waals surface area contributed by atoms with Gasteiger partial charge in [-0.25, -0.2) is 4.79 Å². The number of benzene rings is 1. The number of oxazole rings is 1. The van der Waals surface area contributed by atoms with Crippen LogP contribution < -0.4 is 5.76 Å². The second-order valence-electron chi connectivity index (χ2n) is 3.02. The van der Waals surface area contributed by atoms with Crippen LogP contribution in [0.2, 0.25) is 0 Å². The largest absolute Gasteiger partial charge is 0.420 e. The van der Waals surface area contributed by atoms with Gasteiger partial charge in [-0.3, -0.25) is 4.57 Å². The van der Waals surface area contributed by atoms with Crippen LogP contribution in [0, 0.1) is 0 Å². The average molecular weight is 189 g/mol. The molecule has 0 spiro atoms. The average Bonchev–Trinajstić information content (AvgIpc) is 2.51. The van der Waals surface area contributed by atoms with E-state index >= 15 is 0 Å². The standard InChI is InChI=1S/C11H11NO2/c1-2-3-8-12-9-6-4-5-7-10(9)14-11(12)13/h2-7H,8H2,1H3/b3-2+. The van der Waals surface area contributed by atoms with Gasteiger partial charge < -0.3 is 4.42 Å². The molecule has 0 amide bonds. The van der Waals surface area contributed by atoms with Crippen molar-refractivity contribution in [1.82, 2.24) is 4.57 Å². The van der Waals surface area contributed by atoms with E-state index in [1.54, 1.807) is 10.6 Å². The topological polar surface area (TPSA) is 35.1 Å². The molecule has 3 nitrogen and oxygen atoms in total. The first-order valence-corrected chi connectivity index (χ1v) is 4.52. The van der Waals surface area contributed by atoms with Crippen LogP contribution in [0.4, 0.5) is 0 Å². The highest BCUT2D eigenvalue weighted by atomic mass is 16.4. The number of para-hydroxylation sites is 2. The van der Waals surface area contributed by atoms with E-state index in [1.165, 1.54) is 0 Å². The van der Waals surface area contributed by atoms with Gasteiger partial charge in [0.2, 0.25) is 0 Å². The maximum Gasteiger partial charge on any atom is 0.420 e. The van der Waals surface area contributed by atoms with E-state index in [-0.39, 0.29) is 5.76 Å². The maximum atomic E-state index is 11.4. The summed E-state index contributed by atoms with van der Waals surface area (Å²) < 4.78 is 6.68. The van der Waals surface area contributed by atoms with Gasteiger partial charge in [-0.05, 0) is 19.1 Å². The second kappa shape index (κ2) is 3.54. The van der Waals surface area contributed by atoms with E-state index in [9.17, 15) is 4.79 Å². The Labute approximate surface area is 81.3 Å². The molecule has 0 aliphatic carbocycles. The molecule has 0 unspecified atom stereocenters. The van der Waals surface area contributed by atoms with Gasteiger partial charge in [0.05, 0.1) is 5.52 Å². The lowest BCUT2D eigenvalue weighted by Gasteiger charge is -1.94. The summed E-state index contributed by atoms with van der Waals surface area (Å²) in [6.45, 7) is 2.49. The lowest BCUT2D eigenvalue weighted by molar-refractivity contribution is 0.519. The summed E-state index contributed by atoms with van der Waals surface area (Å²) in [5.74, 6) is -0.302. The molecule has 0 fully saturated rings. The number of allylic oxidation sites excluding steroid dienone is 2. The van der Waals surface area contributed by atoms with Crippen molar-refractivity contribution in [2.75, 3.05) is 0 Å². The van der Waals surface area contributed by atoms with Crippen LogP contribution in [-0.4, -0.2) is 4.57 Å². The zero-order chi connectivity index (χ0) is 9.97. The molecule has 0 bridgehead atoms. The summed E-state index contributed by atoms with van der Waals surface area (Å²) in [5.41, 5.74) is 1.48. The van der Waals surface area contributed by atoms with Crippen molar-refractivity contribution in [3.63, 3.8) is 0 Å². The van der Waals surface area contributed by atoms with E-state index in [0.29, 0.717) is 12.1 Å². The highest BCUT2D eigenvalue weighted by molar-refractivity contribution is 5.72. The molecule has 0 radical (unpaired) electrons. The summed E-state index contributed by atoms with van der Waals surface area (Å²) in [5, 5.41) is 0. The van der Waals surface area contributed by atoms with Crippen molar-refractivity contribution in [3.05, 3.63) is 47.0 Å². The number of rotatable bonds is 2. The van der Waals surface area contributed by atoms with Crippen LogP contribution in [0.25, 0.3) is 11.1 Å². The summed E-state index contributed by atoms with van der Waals surface area (Å²) in [6.07, 6.45) is 3.83. The molecule has 0 aliphatic rings. The zero-order valence-corrected chi connectivity index (χ0v) is 7.93. The molecule has 0 aliphatic heterocycles. The van der Waals surface area contributed by atoms with Crippen LogP contribution >= 0.6 is 0 Å². The minimum atomic E-state index is -0.302. The molecule has 1 heterocycles. The lowest BCUT2D eigenvalue weighted by Crippen LogP contribution is -2.12. The Hall–Kier alpha value is -1.77. The van der Waals surface area contributed by atoms with Crippen molar-refractivity contribution in [2.24, 2.45) is 0 Å². The van der Waals surface area contributed by atoms with E-state index in [4.69, 9.17) is 4.42 Å². The smallest absolute Gasteiger partial charge is 0.408 e. The maximum absolute atomic E-state index is 11.4. The molecule has 3 heteroatoms. The summed E-state index contributed by atoms with van der Waals surface area (Å²) >= 11 is 0. The van der Waals surface area contributed by atoms with Gasteiger partial charge in [-0.15, -0.1) is 0 Å². The molecule has 2 rings (SSSR count). The Kier molecular flexibility index (Phi) is 2.23. The van der Waals surface area contributed by atoms with Crippen LogP contribution in [-0.2, 0) is 6.54 Å². The SMILES string of the molecule is C/C=C/Cn1c(=O)oc2ccccc21. The third kappa shape index (κ3) is 1.37. The molecule has 1 aromatic carbocycles. The number of hydrogen-bond acceptors (Lipinski definition) is 2. The minimum Gasteiger partial charge on any atom is -0.408 e. The first-order valence-electron chi connectivity index (χ1n) is 4.52. The van der Waals surface area contributed by atoms with Crippen molar-refractivity contribution in [1.29, 1.82) is 0 Å². The van der Waals surface area contributed by atoms with Crippen LogP contribution in [0.5, 0.6) is 0 Å². The minimum absolute atomic E-state index is 0.302. The molecule has 1 aromatic heterocycles. The quantitative estimate of drug-likeness (QED) is 0.678. The molecular formula is C11H11NO2. The highest BCUT2D eigenvalue weighted by Gasteiger charge is 2.05. The summed E-state index contributed by atoms with van der Waals surface area (Å²) in [7, 11) is 0. The normalized spacial score (nSPS) is 11.5. The highest BCUT2D eigenvalue weighted by Crippen LogP contribution is 2.11. The summed E-state index contributed by atoms with van der Waals surface area (Å²) in [4.78, 5) is 11.4. The second-order valence-corrected chi connectivity index (χ2v) is 3.02. The Morgan fingerprint density at radius 2 is 2.21 bits per heavy atom. The van der Waals surface area contributed by atoms with E-state index in [1.807, 2.05) is 37.3 Å². The van der Waals surface area contributed by atoms with Crippen LogP contribution in [0.15, 0.2) is 45.6 Å². The van der Waals surface area contributed by atoms with Gasteiger partial charge in [0.25, 0.3) is 0 Å². The van der Waals surface area contributed by atoms with Crippen LogP contribution in [0.1, 0.15) is 6.92 Å². The van der Waals surface area contributed by atoms with E-state index in [2.05, 4.69) is 0 Å². The number of nitrogens with zero attached hydrogens (tertiary/aromatic N) is 1. The number of aromatic nitrogens is 1. The molecular weight excluding hydrogens is 178 g/mol.